The zero-order valence-electron chi connectivity index (χ0n) is 19.2. The molecule has 4 nitrogen and oxygen atoms in total. The lowest BCUT2D eigenvalue weighted by molar-refractivity contribution is -0.138. The van der Waals surface area contributed by atoms with Gasteiger partial charge in [-0.05, 0) is 56.9 Å². The van der Waals surface area contributed by atoms with Crippen molar-refractivity contribution < 1.29 is 9.59 Å². The monoisotopic (exact) mass is 516 g/mol. The molecule has 0 spiro atoms. The minimum Gasteiger partial charge on any atom is -0.352 e. The molecule has 0 heterocycles. The zero-order chi connectivity index (χ0) is 23.1. The van der Waals surface area contributed by atoms with E-state index in [9.17, 15) is 9.59 Å². The molecule has 1 aliphatic rings. The summed E-state index contributed by atoms with van der Waals surface area (Å²) in [7, 11) is 0. The van der Waals surface area contributed by atoms with Crippen LogP contribution in [0.3, 0.4) is 0 Å². The third-order valence-electron chi connectivity index (χ3n) is 5.91. The van der Waals surface area contributed by atoms with Crippen molar-refractivity contribution in [2.24, 2.45) is 0 Å². The number of aryl methyl sites for hydroxylation is 2. The molecule has 1 fully saturated rings. The number of carbonyl (C=O) groups is 2. The molecule has 2 aromatic rings. The summed E-state index contributed by atoms with van der Waals surface area (Å²) >= 11 is 5.06. The Hall–Kier alpha value is -1.79. The van der Waals surface area contributed by atoms with Crippen LogP contribution in [0.25, 0.3) is 0 Å². The van der Waals surface area contributed by atoms with Crippen LogP contribution in [0, 0.1) is 13.8 Å². The maximum Gasteiger partial charge on any atom is 0.242 e. The van der Waals surface area contributed by atoms with Gasteiger partial charge in [0, 0.05) is 22.8 Å². The number of hydrogen-bond acceptors (Lipinski definition) is 3. The van der Waals surface area contributed by atoms with E-state index in [0.29, 0.717) is 12.3 Å². The maximum absolute atomic E-state index is 13.2. The molecule has 0 aliphatic heterocycles. The fourth-order valence-corrected chi connectivity index (χ4v) is 5.36. The van der Waals surface area contributed by atoms with Gasteiger partial charge in [0.15, 0.2) is 0 Å². The maximum atomic E-state index is 13.2. The topological polar surface area (TPSA) is 49.4 Å². The van der Waals surface area contributed by atoms with Crippen molar-refractivity contribution in [2.75, 3.05) is 5.75 Å². The van der Waals surface area contributed by atoms with Crippen molar-refractivity contribution in [1.29, 1.82) is 0 Å². The first-order valence-corrected chi connectivity index (χ1v) is 13.3. The van der Waals surface area contributed by atoms with E-state index in [1.54, 1.807) is 16.7 Å². The Morgan fingerprint density at radius 1 is 1.06 bits per heavy atom. The number of carbonyl (C=O) groups excluding carboxylic acids is 2. The van der Waals surface area contributed by atoms with Gasteiger partial charge in [0.25, 0.3) is 0 Å². The Kier molecular flexibility index (Phi) is 9.23. The third kappa shape index (κ3) is 7.38. The summed E-state index contributed by atoms with van der Waals surface area (Å²) in [6.45, 7) is 6.46. The highest BCUT2D eigenvalue weighted by Crippen LogP contribution is 2.21. The molecule has 3 rings (SSSR count). The van der Waals surface area contributed by atoms with Gasteiger partial charge in [-0.15, -0.1) is 11.8 Å². The number of rotatable bonds is 9. The van der Waals surface area contributed by atoms with Crippen LogP contribution in [0.15, 0.2) is 46.9 Å². The molecular formula is C26H33BrN2O2S. The Balaban J connectivity index is 1.65. The first-order valence-electron chi connectivity index (χ1n) is 11.3. The lowest BCUT2D eigenvalue weighted by Gasteiger charge is -2.29. The second-order valence-electron chi connectivity index (χ2n) is 8.80. The number of benzene rings is 2. The number of amides is 2. The minimum absolute atomic E-state index is 0.00337. The standard InChI is InChI=1S/C26H33BrN2O2S/c1-18-12-19(2)14-22(13-18)16-32-17-25(30)29(15-21-8-10-23(27)11-9-21)20(3)26(31)28-24-6-4-5-7-24/h8-14,20,24H,4-7,15-17H2,1-3H3,(H,28,31)/t20-/m1/s1. The van der Waals surface area contributed by atoms with E-state index in [0.717, 1.165) is 41.5 Å². The molecule has 0 radical (unpaired) electrons. The first kappa shape index (κ1) is 24.8. The van der Waals surface area contributed by atoms with E-state index < -0.39 is 6.04 Å². The molecule has 0 unspecified atom stereocenters. The van der Waals surface area contributed by atoms with Gasteiger partial charge in [-0.1, -0.05) is 70.2 Å². The average molecular weight is 518 g/mol. The summed E-state index contributed by atoms with van der Waals surface area (Å²) in [4.78, 5) is 27.9. The molecule has 0 saturated heterocycles. The first-order chi connectivity index (χ1) is 15.3. The van der Waals surface area contributed by atoms with Crippen molar-refractivity contribution in [1.82, 2.24) is 10.2 Å². The molecule has 1 aliphatic carbocycles. The average Bonchev–Trinajstić information content (AvgIpc) is 3.25. The summed E-state index contributed by atoms with van der Waals surface area (Å²) in [6.07, 6.45) is 4.39. The van der Waals surface area contributed by atoms with Crippen molar-refractivity contribution >= 4 is 39.5 Å². The van der Waals surface area contributed by atoms with Gasteiger partial charge in [0.2, 0.25) is 11.8 Å². The quantitative estimate of drug-likeness (QED) is 0.459. The SMILES string of the molecule is Cc1cc(C)cc(CSCC(=O)N(Cc2ccc(Br)cc2)[C@H](C)C(=O)NC2CCCC2)c1. The Bertz CT molecular complexity index is 906. The molecule has 1 saturated carbocycles. The summed E-state index contributed by atoms with van der Waals surface area (Å²) in [6, 6.07) is 14.2. The predicted molar refractivity (Wildman–Crippen MR) is 137 cm³/mol. The third-order valence-corrected chi connectivity index (χ3v) is 7.43. The Labute approximate surface area is 204 Å². The summed E-state index contributed by atoms with van der Waals surface area (Å²) in [5, 5.41) is 3.16. The largest absolute Gasteiger partial charge is 0.352 e. The molecule has 2 amide bonds. The lowest BCUT2D eigenvalue weighted by Crippen LogP contribution is -2.50. The molecule has 6 heteroatoms. The summed E-state index contributed by atoms with van der Waals surface area (Å²) in [5.41, 5.74) is 4.72. The van der Waals surface area contributed by atoms with Gasteiger partial charge in [-0.3, -0.25) is 9.59 Å². The minimum atomic E-state index is -0.506. The highest BCUT2D eigenvalue weighted by molar-refractivity contribution is 9.10. The van der Waals surface area contributed by atoms with Gasteiger partial charge in [0.1, 0.15) is 6.04 Å². The summed E-state index contributed by atoms with van der Waals surface area (Å²) < 4.78 is 0.996. The molecule has 1 N–H and O–H groups in total. The van der Waals surface area contributed by atoms with Crippen molar-refractivity contribution in [2.45, 2.75) is 70.8 Å². The second-order valence-corrected chi connectivity index (χ2v) is 10.7. The van der Waals surface area contributed by atoms with Crippen LogP contribution in [-0.2, 0) is 21.9 Å². The van der Waals surface area contributed by atoms with Gasteiger partial charge >= 0.3 is 0 Å². The molecular weight excluding hydrogens is 484 g/mol. The fourth-order valence-electron chi connectivity index (χ4n) is 4.25. The zero-order valence-corrected chi connectivity index (χ0v) is 21.6. The van der Waals surface area contributed by atoms with E-state index in [2.05, 4.69) is 53.3 Å². The number of nitrogens with zero attached hydrogens (tertiary/aromatic N) is 1. The smallest absolute Gasteiger partial charge is 0.242 e. The molecule has 2 aromatic carbocycles. The van der Waals surface area contributed by atoms with Crippen LogP contribution < -0.4 is 5.32 Å². The van der Waals surface area contributed by atoms with Crippen LogP contribution in [0.5, 0.6) is 0 Å². The van der Waals surface area contributed by atoms with E-state index >= 15 is 0 Å². The summed E-state index contributed by atoms with van der Waals surface area (Å²) in [5.74, 6) is 1.08. The fraction of sp³-hybridized carbons (Fsp3) is 0.462. The van der Waals surface area contributed by atoms with Crippen molar-refractivity contribution in [3.63, 3.8) is 0 Å². The van der Waals surface area contributed by atoms with Crippen LogP contribution >= 0.6 is 27.7 Å². The molecule has 0 aromatic heterocycles. The highest BCUT2D eigenvalue weighted by Gasteiger charge is 2.28. The van der Waals surface area contributed by atoms with Crippen molar-refractivity contribution in [3.05, 3.63) is 69.2 Å². The normalized spacial score (nSPS) is 14.9. The second kappa shape index (κ2) is 11.9. The number of nitrogens with one attached hydrogen (secondary N) is 1. The number of thioether (sulfide) groups is 1. The Morgan fingerprint density at radius 2 is 1.69 bits per heavy atom. The van der Waals surface area contributed by atoms with Gasteiger partial charge in [-0.2, -0.15) is 0 Å². The predicted octanol–water partition coefficient (Wildman–Crippen LogP) is 5.78. The number of halogens is 1. The van der Waals surface area contributed by atoms with Gasteiger partial charge in [0.05, 0.1) is 5.75 Å². The van der Waals surface area contributed by atoms with Crippen LogP contribution in [0.2, 0.25) is 0 Å². The van der Waals surface area contributed by atoms with E-state index in [-0.39, 0.29) is 17.9 Å². The van der Waals surface area contributed by atoms with Crippen LogP contribution in [0.4, 0.5) is 0 Å². The van der Waals surface area contributed by atoms with E-state index in [1.807, 2.05) is 31.2 Å². The van der Waals surface area contributed by atoms with E-state index in [1.165, 1.54) is 16.7 Å². The molecule has 172 valence electrons. The Morgan fingerprint density at radius 3 is 2.31 bits per heavy atom. The van der Waals surface area contributed by atoms with Gasteiger partial charge < -0.3 is 10.2 Å². The molecule has 0 bridgehead atoms. The molecule has 1 atom stereocenters. The van der Waals surface area contributed by atoms with Crippen molar-refractivity contribution in [3.8, 4) is 0 Å². The molecule has 32 heavy (non-hydrogen) atoms. The van der Waals surface area contributed by atoms with Crippen LogP contribution in [0.1, 0.15) is 54.9 Å². The van der Waals surface area contributed by atoms with Gasteiger partial charge in [-0.25, -0.2) is 0 Å². The van der Waals surface area contributed by atoms with E-state index in [4.69, 9.17) is 0 Å². The lowest BCUT2D eigenvalue weighted by atomic mass is 10.1. The highest BCUT2D eigenvalue weighted by atomic mass is 79.9. The van der Waals surface area contributed by atoms with Crippen LogP contribution in [-0.4, -0.2) is 34.6 Å². The number of hydrogen-bond donors (Lipinski definition) is 1.